The molecule has 96 valence electrons. The molecule has 1 N–H and O–H groups in total. The minimum atomic E-state index is -0.357. The van der Waals surface area contributed by atoms with Crippen molar-refractivity contribution in [3.8, 4) is 6.07 Å². The van der Waals surface area contributed by atoms with Gasteiger partial charge in [0.15, 0.2) is 0 Å². The third kappa shape index (κ3) is 5.69. The summed E-state index contributed by atoms with van der Waals surface area (Å²) in [5, 5.41) is 11.6. The smallest absolute Gasteiger partial charge is 0.231 e. The molecule has 0 aliphatic heterocycles. The number of nitriles is 1. The van der Waals surface area contributed by atoms with Crippen molar-refractivity contribution >= 4 is 17.7 Å². The molecule has 1 amide bonds. The van der Waals surface area contributed by atoms with Crippen molar-refractivity contribution in [2.45, 2.75) is 31.6 Å². The van der Waals surface area contributed by atoms with Gasteiger partial charge in [0.2, 0.25) is 5.91 Å². The minimum absolute atomic E-state index is 0.0749. The van der Waals surface area contributed by atoms with Crippen LogP contribution in [0.25, 0.3) is 0 Å². The second-order valence-electron chi connectivity index (χ2n) is 3.89. The van der Waals surface area contributed by atoms with Crippen molar-refractivity contribution in [3.63, 3.8) is 0 Å². The molecule has 0 radical (unpaired) electrons. The van der Waals surface area contributed by atoms with E-state index in [4.69, 9.17) is 5.26 Å². The lowest BCUT2D eigenvalue weighted by molar-refractivity contribution is -0.118. The van der Waals surface area contributed by atoms with Gasteiger partial charge in [-0.2, -0.15) is 5.26 Å². The summed E-state index contributed by atoms with van der Waals surface area (Å²) in [5.74, 6) is 1.08. The van der Waals surface area contributed by atoms with E-state index >= 15 is 0 Å². The summed E-state index contributed by atoms with van der Waals surface area (Å²) in [7, 11) is 0. The Morgan fingerprint density at radius 2 is 2.28 bits per heavy atom. The topological polar surface area (TPSA) is 65.8 Å². The van der Waals surface area contributed by atoms with Crippen molar-refractivity contribution in [2.75, 3.05) is 5.75 Å². The number of carbonyl (C=O) groups is 1. The Balaban J connectivity index is 2.23. The van der Waals surface area contributed by atoms with Crippen molar-refractivity contribution < 1.29 is 4.79 Å². The van der Waals surface area contributed by atoms with E-state index in [1.54, 1.807) is 12.4 Å². The summed E-state index contributed by atoms with van der Waals surface area (Å²) in [4.78, 5) is 15.5. The number of aromatic nitrogens is 1. The Morgan fingerprint density at radius 3 is 2.89 bits per heavy atom. The zero-order valence-electron chi connectivity index (χ0n) is 10.4. The van der Waals surface area contributed by atoms with Crippen molar-refractivity contribution in [2.24, 2.45) is 0 Å². The van der Waals surface area contributed by atoms with Crippen LogP contribution in [0, 0.1) is 11.3 Å². The minimum Gasteiger partial charge on any atom is -0.340 e. The predicted molar refractivity (Wildman–Crippen MR) is 72.9 cm³/mol. The first-order valence-electron chi connectivity index (χ1n) is 5.92. The highest BCUT2D eigenvalue weighted by atomic mass is 32.2. The Labute approximate surface area is 112 Å². The first kappa shape index (κ1) is 14.5. The maximum atomic E-state index is 11.6. The molecule has 0 saturated carbocycles. The maximum absolute atomic E-state index is 11.6. The molecule has 0 fully saturated rings. The second-order valence-corrected chi connectivity index (χ2v) is 4.87. The molecule has 0 aromatic carbocycles. The van der Waals surface area contributed by atoms with E-state index in [2.05, 4.69) is 16.4 Å². The van der Waals surface area contributed by atoms with Gasteiger partial charge in [0, 0.05) is 18.1 Å². The predicted octanol–water partition coefficient (Wildman–Crippen LogP) is 2.12. The van der Waals surface area contributed by atoms with E-state index in [9.17, 15) is 4.79 Å². The first-order valence-corrected chi connectivity index (χ1v) is 7.07. The summed E-state index contributed by atoms with van der Waals surface area (Å²) in [5.41, 5.74) is 1.15. The lowest BCUT2D eigenvalue weighted by Crippen LogP contribution is -2.34. The normalized spacial score (nSPS) is 11.6. The quantitative estimate of drug-likeness (QED) is 0.818. The highest BCUT2D eigenvalue weighted by Gasteiger charge is 2.09. The van der Waals surface area contributed by atoms with Crippen LogP contribution in [0.15, 0.2) is 24.5 Å². The van der Waals surface area contributed by atoms with Crippen LogP contribution < -0.4 is 5.32 Å². The molecule has 0 unspecified atom stereocenters. The van der Waals surface area contributed by atoms with Gasteiger partial charge in [-0.05, 0) is 24.1 Å². The molecule has 0 aliphatic rings. The lowest BCUT2D eigenvalue weighted by atomic mass is 10.2. The number of rotatable bonds is 7. The van der Waals surface area contributed by atoms with Gasteiger partial charge < -0.3 is 5.32 Å². The average molecular weight is 263 g/mol. The molecule has 1 heterocycles. The van der Waals surface area contributed by atoms with Gasteiger partial charge >= 0.3 is 0 Å². The Morgan fingerprint density at radius 1 is 1.56 bits per heavy atom. The maximum Gasteiger partial charge on any atom is 0.231 e. The van der Waals surface area contributed by atoms with Crippen LogP contribution in [-0.4, -0.2) is 22.7 Å². The highest BCUT2D eigenvalue weighted by molar-refractivity contribution is 7.99. The molecular formula is C13H17N3OS. The van der Waals surface area contributed by atoms with E-state index in [-0.39, 0.29) is 11.9 Å². The summed E-state index contributed by atoms with van der Waals surface area (Å²) in [6.07, 6.45) is 5.08. The van der Waals surface area contributed by atoms with E-state index < -0.39 is 0 Å². The number of nitrogens with zero attached hydrogens (tertiary/aromatic N) is 2. The number of hydrogen-bond acceptors (Lipinski definition) is 4. The molecule has 1 aromatic rings. The van der Waals surface area contributed by atoms with Gasteiger partial charge in [-0.25, -0.2) is 0 Å². The molecule has 1 atom stereocenters. The van der Waals surface area contributed by atoms with Crippen molar-refractivity contribution in [3.05, 3.63) is 30.1 Å². The summed E-state index contributed by atoms with van der Waals surface area (Å²) < 4.78 is 0. The van der Waals surface area contributed by atoms with Gasteiger partial charge in [-0.3, -0.25) is 9.78 Å². The van der Waals surface area contributed by atoms with Crippen LogP contribution in [0.2, 0.25) is 0 Å². The van der Waals surface area contributed by atoms with Crippen LogP contribution in [-0.2, 0) is 10.5 Å². The molecule has 0 aliphatic carbocycles. The highest BCUT2D eigenvalue weighted by Crippen LogP contribution is 2.10. The van der Waals surface area contributed by atoms with Crippen LogP contribution in [0.4, 0.5) is 0 Å². The number of carbonyl (C=O) groups excluding carboxylic acids is 1. The van der Waals surface area contributed by atoms with Gasteiger partial charge in [0.25, 0.3) is 0 Å². The van der Waals surface area contributed by atoms with Crippen LogP contribution in [0.5, 0.6) is 0 Å². The zero-order valence-corrected chi connectivity index (χ0v) is 11.2. The van der Waals surface area contributed by atoms with Crippen LogP contribution in [0.1, 0.15) is 25.3 Å². The molecule has 18 heavy (non-hydrogen) atoms. The largest absolute Gasteiger partial charge is 0.340 e. The van der Waals surface area contributed by atoms with Gasteiger partial charge in [-0.1, -0.05) is 13.3 Å². The third-order valence-electron chi connectivity index (χ3n) is 2.32. The standard InChI is InChI=1S/C13H17N3OS/c1-2-3-12(8-14)16-13(17)10-18-9-11-4-6-15-7-5-11/h4-7,12H,2-3,9-10H2,1H3,(H,16,17)/t12-/m0/s1. The second kappa shape index (κ2) is 8.54. The number of thioether (sulfide) groups is 1. The average Bonchev–Trinajstić information content (AvgIpc) is 2.39. The Hall–Kier alpha value is -1.54. The molecule has 4 nitrogen and oxygen atoms in total. The van der Waals surface area contributed by atoms with Crippen LogP contribution >= 0.6 is 11.8 Å². The van der Waals surface area contributed by atoms with Gasteiger partial charge in [-0.15, -0.1) is 11.8 Å². The Bertz CT molecular complexity index is 402. The SMILES string of the molecule is CCC[C@@H](C#N)NC(=O)CSCc1ccncc1. The van der Waals surface area contributed by atoms with E-state index in [0.29, 0.717) is 12.2 Å². The van der Waals surface area contributed by atoms with E-state index in [1.165, 1.54) is 11.8 Å². The van der Waals surface area contributed by atoms with E-state index in [0.717, 1.165) is 17.7 Å². The van der Waals surface area contributed by atoms with E-state index in [1.807, 2.05) is 19.1 Å². The monoisotopic (exact) mass is 263 g/mol. The van der Waals surface area contributed by atoms with Crippen molar-refractivity contribution in [1.82, 2.24) is 10.3 Å². The molecular weight excluding hydrogens is 246 g/mol. The fraction of sp³-hybridized carbons (Fsp3) is 0.462. The van der Waals surface area contributed by atoms with Crippen molar-refractivity contribution in [1.29, 1.82) is 5.26 Å². The molecule has 0 spiro atoms. The number of nitrogens with one attached hydrogen (secondary N) is 1. The zero-order chi connectivity index (χ0) is 13.2. The molecule has 1 rings (SSSR count). The number of hydrogen-bond donors (Lipinski definition) is 1. The molecule has 0 saturated heterocycles. The fourth-order valence-corrected chi connectivity index (χ4v) is 2.23. The Kier molecular flexibility index (Phi) is 6.89. The fourth-order valence-electron chi connectivity index (χ4n) is 1.43. The lowest BCUT2D eigenvalue weighted by Gasteiger charge is -2.10. The summed E-state index contributed by atoms with van der Waals surface area (Å²) in [6.45, 7) is 1.99. The first-order chi connectivity index (χ1) is 8.76. The molecule has 1 aromatic heterocycles. The molecule has 0 bridgehead atoms. The third-order valence-corrected chi connectivity index (χ3v) is 3.32. The summed E-state index contributed by atoms with van der Waals surface area (Å²) >= 11 is 1.54. The number of amides is 1. The van der Waals surface area contributed by atoms with Gasteiger partial charge in [0.05, 0.1) is 11.8 Å². The van der Waals surface area contributed by atoms with Gasteiger partial charge in [0.1, 0.15) is 6.04 Å². The number of pyridine rings is 1. The molecule has 5 heteroatoms. The summed E-state index contributed by atoms with van der Waals surface area (Å²) in [6, 6.07) is 5.60. The van der Waals surface area contributed by atoms with Crippen LogP contribution in [0.3, 0.4) is 0 Å².